The van der Waals surface area contributed by atoms with Crippen LogP contribution in [0.15, 0.2) is 66.7 Å². The number of anilines is 2. The Morgan fingerprint density at radius 3 is 2.35 bits per heavy atom. The first-order chi connectivity index (χ1) is 14.7. The quantitative estimate of drug-likeness (QED) is 0.547. The smallest absolute Gasteiger partial charge is 0.255 e. The molecule has 0 atom stereocenters. The van der Waals surface area contributed by atoms with E-state index in [1.54, 1.807) is 48.5 Å². The monoisotopic (exact) mass is 458 g/mol. The summed E-state index contributed by atoms with van der Waals surface area (Å²) >= 11 is 6.10. The number of rotatable bonds is 7. The largest absolute Gasteiger partial charge is 0.495 e. The van der Waals surface area contributed by atoms with Crippen molar-refractivity contribution >= 4 is 38.9 Å². The van der Waals surface area contributed by atoms with E-state index in [0.29, 0.717) is 27.7 Å². The Morgan fingerprint density at radius 1 is 1.06 bits per heavy atom. The first-order valence-electron chi connectivity index (χ1n) is 9.45. The molecule has 3 aromatic carbocycles. The number of methoxy groups -OCH3 is 1. The summed E-state index contributed by atoms with van der Waals surface area (Å²) in [5.74, 6) is 0.222. The number of halogens is 1. The van der Waals surface area contributed by atoms with Gasteiger partial charge in [0.15, 0.2) is 0 Å². The van der Waals surface area contributed by atoms with Crippen LogP contribution in [0.25, 0.3) is 0 Å². The Hall–Kier alpha value is -3.03. The number of nitrogens with zero attached hydrogens (tertiary/aromatic N) is 1. The van der Waals surface area contributed by atoms with Gasteiger partial charge in [-0.2, -0.15) is 0 Å². The fourth-order valence-corrected chi connectivity index (χ4v) is 4.20. The summed E-state index contributed by atoms with van der Waals surface area (Å²) in [6.07, 6.45) is 1.18. The van der Waals surface area contributed by atoms with Gasteiger partial charge in [-0.15, -0.1) is 0 Å². The van der Waals surface area contributed by atoms with Crippen molar-refractivity contribution < 1.29 is 17.9 Å². The van der Waals surface area contributed by atoms with Crippen LogP contribution in [0.5, 0.6) is 5.75 Å². The highest BCUT2D eigenvalue weighted by molar-refractivity contribution is 7.92. The molecule has 0 bridgehead atoms. The first kappa shape index (κ1) is 22.7. The van der Waals surface area contributed by atoms with Gasteiger partial charge < -0.3 is 10.1 Å². The molecule has 0 aromatic heterocycles. The van der Waals surface area contributed by atoms with Crippen LogP contribution >= 0.6 is 11.6 Å². The van der Waals surface area contributed by atoms with Gasteiger partial charge in [-0.25, -0.2) is 8.42 Å². The van der Waals surface area contributed by atoms with Crippen molar-refractivity contribution in [1.29, 1.82) is 0 Å². The number of carbonyl (C=O) groups excluding carboxylic acids is 1. The molecule has 0 aliphatic heterocycles. The molecule has 0 spiro atoms. The molecule has 1 amide bonds. The van der Waals surface area contributed by atoms with Crippen LogP contribution in [-0.2, 0) is 16.6 Å². The molecule has 0 heterocycles. The van der Waals surface area contributed by atoms with Gasteiger partial charge in [0.05, 0.1) is 30.6 Å². The summed E-state index contributed by atoms with van der Waals surface area (Å²) in [5.41, 5.74) is 3.31. The maximum atomic E-state index is 12.5. The Balaban J connectivity index is 1.75. The average Bonchev–Trinajstić information content (AvgIpc) is 2.71. The number of nitrogens with one attached hydrogen (secondary N) is 1. The van der Waals surface area contributed by atoms with E-state index in [1.807, 2.05) is 25.1 Å². The standard InChI is InChI=1S/C23H23ClN2O4S/c1-16-5-4-6-20(13-16)26(31(3,28)29)15-17-7-9-18(10-8-17)23(27)25-19-11-12-22(30-2)21(24)14-19/h4-14H,15H2,1-3H3,(H,25,27). The van der Waals surface area contributed by atoms with Gasteiger partial charge in [-0.3, -0.25) is 9.10 Å². The fraction of sp³-hybridized carbons (Fsp3) is 0.174. The van der Waals surface area contributed by atoms with Crippen molar-refractivity contribution in [2.75, 3.05) is 23.0 Å². The minimum atomic E-state index is -3.48. The molecule has 0 aliphatic carbocycles. The van der Waals surface area contributed by atoms with E-state index in [-0.39, 0.29) is 12.5 Å². The minimum absolute atomic E-state index is 0.165. The number of benzene rings is 3. The predicted molar refractivity (Wildman–Crippen MR) is 125 cm³/mol. The van der Waals surface area contributed by atoms with E-state index < -0.39 is 10.0 Å². The molecular weight excluding hydrogens is 436 g/mol. The molecule has 8 heteroatoms. The Labute approximate surface area is 187 Å². The first-order valence-corrected chi connectivity index (χ1v) is 11.7. The molecular formula is C23H23ClN2O4S. The van der Waals surface area contributed by atoms with Crippen molar-refractivity contribution in [3.8, 4) is 5.75 Å². The lowest BCUT2D eigenvalue weighted by Crippen LogP contribution is -2.29. The second kappa shape index (κ2) is 9.41. The number of carbonyl (C=O) groups is 1. The molecule has 31 heavy (non-hydrogen) atoms. The SMILES string of the molecule is COc1ccc(NC(=O)c2ccc(CN(c3cccc(C)c3)S(C)(=O)=O)cc2)cc1Cl. The summed E-state index contributed by atoms with van der Waals surface area (Å²) in [6, 6.07) is 19.1. The van der Waals surface area contributed by atoms with Gasteiger partial charge in [0.2, 0.25) is 10.0 Å². The molecule has 0 fully saturated rings. The highest BCUT2D eigenvalue weighted by Gasteiger charge is 2.18. The van der Waals surface area contributed by atoms with Gasteiger partial charge >= 0.3 is 0 Å². The predicted octanol–water partition coefficient (Wildman–Crippen LogP) is 4.88. The van der Waals surface area contributed by atoms with Crippen molar-refractivity contribution in [1.82, 2.24) is 0 Å². The molecule has 3 aromatic rings. The number of aryl methyl sites for hydroxylation is 1. The zero-order valence-corrected chi connectivity index (χ0v) is 19.0. The van der Waals surface area contributed by atoms with Crippen LogP contribution in [0.2, 0.25) is 5.02 Å². The third kappa shape index (κ3) is 5.77. The normalized spacial score (nSPS) is 11.1. The van der Waals surface area contributed by atoms with E-state index in [4.69, 9.17) is 16.3 Å². The topological polar surface area (TPSA) is 75.7 Å². The van der Waals surface area contributed by atoms with Crippen molar-refractivity contribution in [3.05, 3.63) is 88.4 Å². The number of hydrogen-bond acceptors (Lipinski definition) is 4. The lowest BCUT2D eigenvalue weighted by molar-refractivity contribution is 0.102. The van der Waals surface area contributed by atoms with Gasteiger partial charge in [-0.05, 0) is 60.5 Å². The Bertz CT molecular complexity index is 1190. The highest BCUT2D eigenvalue weighted by Crippen LogP contribution is 2.27. The van der Waals surface area contributed by atoms with Crippen LogP contribution in [0.4, 0.5) is 11.4 Å². The fourth-order valence-electron chi connectivity index (χ4n) is 3.06. The summed E-state index contributed by atoms with van der Waals surface area (Å²) in [5, 5.41) is 3.18. The molecule has 6 nitrogen and oxygen atoms in total. The summed E-state index contributed by atoms with van der Waals surface area (Å²) < 4.78 is 31.1. The number of sulfonamides is 1. The van der Waals surface area contributed by atoms with Gasteiger partial charge in [0.1, 0.15) is 5.75 Å². The van der Waals surface area contributed by atoms with Gasteiger partial charge in [-0.1, -0.05) is 35.9 Å². The lowest BCUT2D eigenvalue weighted by Gasteiger charge is -2.23. The minimum Gasteiger partial charge on any atom is -0.495 e. The molecule has 162 valence electrons. The lowest BCUT2D eigenvalue weighted by atomic mass is 10.1. The molecule has 0 aliphatic rings. The van der Waals surface area contributed by atoms with E-state index in [1.165, 1.54) is 17.7 Å². The van der Waals surface area contributed by atoms with Crippen molar-refractivity contribution in [2.24, 2.45) is 0 Å². The van der Waals surface area contributed by atoms with Crippen LogP contribution in [-0.4, -0.2) is 27.7 Å². The Morgan fingerprint density at radius 2 is 1.77 bits per heavy atom. The van der Waals surface area contributed by atoms with Crippen LogP contribution in [0.1, 0.15) is 21.5 Å². The van der Waals surface area contributed by atoms with Crippen molar-refractivity contribution in [2.45, 2.75) is 13.5 Å². The third-order valence-electron chi connectivity index (χ3n) is 4.64. The van der Waals surface area contributed by atoms with Gasteiger partial charge in [0.25, 0.3) is 5.91 Å². The molecule has 0 unspecified atom stereocenters. The summed E-state index contributed by atoms with van der Waals surface area (Å²) in [4.78, 5) is 12.5. The average molecular weight is 459 g/mol. The zero-order valence-electron chi connectivity index (χ0n) is 17.4. The molecule has 0 saturated heterocycles. The Kier molecular flexibility index (Phi) is 6.87. The summed E-state index contributed by atoms with van der Waals surface area (Å²) in [7, 11) is -1.96. The molecule has 0 radical (unpaired) electrons. The second-order valence-corrected chi connectivity index (χ2v) is 9.42. The molecule has 0 saturated carbocycles. The molecule has 1 N–H and O–H groups in total. The zero-order chi connectivity index (χ0) is 22.6. The maximum absolute atomic E-state index is 12.5. The number of ether oxygens (including phenoxy) is 1. The second-order valence-electron chi connectivity index (χ2n) is 7.11. The third-order valence-corrected chi connectivity index (χ3v) is 6.08. The molecule has 3 rings (SSSR count). The van der Waals surface area contributed by atoms with Crippen molar-refractivity contribution in [3.63, 3.8) is 0 Å². The van der Waals surface area contributed by atoms with E-state index >= 15 is 0 Å². The van der Waals surface area contributed by atoms with Crippen LogP contribution in [0.3, 0.4) is 0 Å². The van der Waals surface area contributed by atoms with E-state index in [2.05, 4.69) is 5.32 Å². The maximum Gasteiger partial charge on any atom is 0.255 e. The van der Waals surface area contributed by atoms with E-state index in [9.17, 15) is 13.2 Å². The number of amides is 1. The summed E-state index contributed by atoms with van der Waals surface area (Å²) in [6.45, 7) is 2.08. The van der Waals surface area contributed by atoms with Crippen LogP contribution in [0, 0.1) is 6.92 Å². The van der Waals surface area contributed by atoms with Crippen LogP contribution < -0.4 is 14.4 Å². The number of hydrogen-bond donors (Lipinski definition) is 1. The van der Waals surface area contributed by atoms with Gasteiger partial charge in [0, 0.05) is 11.3 Å². The highest BCUT2D eigenvalue weighted by atomic mass is 35.5. The van der Waals surface area contributed by atoms with E-state index in [0.717, 1.165) is 11.1 Å².